The van der Waals surface area contributed by atoms with Gasteiger partial charge in [-0.2, -0.15) is 0 Å². The molecule has 1 fully saturated rings. The van der Waals surface area contributed by atoms with E-state index in [2.05, 4.69) is 4.99 Å². The Kier molecular flexibility index (Phi) is 4.37. The standard InChI is InChI=1S/C20H20N2O3/c23-20(16-4-2-1-3-5-16)22-10-8-17(9-11-22)21-13-15-6-7-18-19(12-15)25-14-24-18/h1-7,12-13,17H,8-11,14H2. The molecule has 1 amide bonds. The van der Waals surface area contributed by atoms with Crippen LogP contribution in [-0.4, -0.2) is 42.9 Å². The largest absolute Gasteiger partial charge is 0.454 e. The lowest BCUT2D eigenvalue weighted by Gasteiger charge is -2.30. The van der Waals surface area contributed by atoms with Crippen molar-refractivity contribution in [3.05, 3.63) is 59.7 Å². The lowest BCUT2D eigenvalue weighted by atomic mass is 10.0. The number of piperidine rings is 1. The van der Waals surface area contributed by atoms with Gasteiger partial charge in [0.25, 0.3) is 5.91 Å². The zero-order valence-corrected chi connectivity index (χ0v) is 13.9. The van der Waals surface area contributed by atoms with Crippen LogP contribution in [0.5, 0.6) is 11.5 Å². The van der Waals surface area contributed by atoms with Crippen molar-refractivity contribution in [1.82, 2.24) is 4.90 Å². The molecule has 0 atom stereocenters. The van der Waals surface area contributed by atoms with Gasteiger partial charge in [-0.25, -0.2) is 0 Å². The molecule has 0 spiro atoms. The summed E-state index contributed by atoms with van der Waals surface area (Å²) in [5.41, 5.74) is 1.76. The quantitative estimate of drug-likeness (QED) is 0.809. The molecule has 0 saturated carbocycles. The lowest BCUT2D eigenvalue weighted by Crippen LogP contribution is -2.39. The molecule has 25 heavy (non-hydrogen) atoms. The van der Waals surface area contributed by atoms with Crippen LogP contribution in [0.2, 0.25) is 0 Å². The van der Waals surface area contributed by atoms with Crippen LogP contribution in [0.4, 0.5) is 0 Å². The van der Waals surface area contributed by atoms with Gasteiger partial charge in [-0.1, -0.05) is 18.2 Å². The molecule has 0 aliphatic carbocycles. The van der Waals surface area contributed by atoms with Gasteiger partial charge in [-0.3, -0.25) is 9.79 Å². The number of ether oxygens (including phenoxy) is 2. The molecule has 128 valence electrons. The number of amides is 1. The molecule has 5 heteroatoms. The highest BCUT2D eigenvalue weighted by Gasteiger charge is 2.23. The fraction of sp³-hybridized carbons (Fsp3) is 0.300. The highest BCUT2D eigenvalue weighted by atomic mass is 16.7. The van der Waals surface area contributed by atoms with Crippen molar-refractivity contribution in [1.29, 1.82) is 0 Å². The minimum absolute atomic E-state index is 0.110. The van der Waals surface area contributed by atoms with Gasteiger partial charge in [0, 0.05) is 24.9 Å². The number of nitrogens with zero attached hydrogens (tertiary/aromatic N) is 2. The summed E-state index contributed by atoms with van der Waals surface area (Å²) in [4.78, 5) is 19.1. The van der Waals surface area contributed by atoms with Gasteiger partial charge in [0.1, 0.15) is 0 Å². The third kappa shape index (κ3) is 3.50. The summed E-state index contributed by atoms with van der Waals surface area (Å²) in [6, 6.07) is 15.5. The summed E-state index contributed by atoms with van der Waals surface area (Å²) in [5.74, 6) is 1.66. The molecule has 2 heterocycles. The molecule has 0 radical (unpaired) electrons. The molecule has 0 bridgehead atoms. The second-order valence-electron chi connectivity index (χ2n) is 6.28. The van der Waals surface area contributed by atoms with E-state index in [4.69, 9.17) is 9.47 Å². The fourth-order valence-corrected chi connectivity index (χ4v) is 3.17. The van der Waals surface area contributed by atoms with Gasteiger partial charge >= 0.3 is 0 Å². The minimum atomic E-state index is 0.110. The van der Waals surface area contributed by atoms with Gasteiger partial charge in [0.2, 0.25) is 6.79 Å². The molecule has 2 aliphatic heterocycles. The Balaban J connectivity index is 1.34. The number of carbonyl (C=O) groups is 1. The third-order valence-corrected chi connectivity index (χ3v) is 4.60. The van der Waals surface area contributed by atoms with Crippen LogP contribution in [0, 0.1) is 0 Å². The maximum Gasteiger partial charge on any atom is 0.253 e. The van der Waals surface area contributed by atoms with E-state index in [0.29, 0.717) is 0 Å². The van der Waals surface area contributed by atoms with Crippen molar-refractivity contribution >= 4 is 12.1 Å². The fourth-order valence-electron chi connectivity index (χ4n) is 3.17. The van der Waals surface area contributed by atoms with Crippen LogP contribution < -0.4 is 9.47 Å². The molecule has 4 rings (SSSR count). The predicted octanol–water partition coefficient (Wildman–Crippen LogP) is 3.14. The number of hydrogen-bond donors (Lipinski definition) is 0. The second kappa shape index (κ2) is 6.97. The van der Waals surface area contributed by atoms with Gasteiger partial charge < -0.3 is 14.4 Å². The average molecular weight is 336 g/mol. The minimum Gasteiger partial charge on any atom is -0.454 e. The van der Waals surface area contributed by atoms with E-state index in [9.17, 15) is 4.79 Å². The molecule has 5 nitrogen and oxygen atoms in total. The summed E-state index contributed by atoms with van der Waals surface area (Å²) >= 11 is 0. The zero-order valence-electron chi connectivity index (χ0n) is 13.9. The van der Waals surface area contributed by atoms with Crippen LogP contribution in [0.1, 0.15) is 28.8 Å². The lowest BCUT2D eigenvalue weighted by molar-refractivity contribution is 0.0715. The van der Waals surface area contributed by atoms with E-state index in [1.54, 1.807) is 0 Å². The van der Waals surface area contributed by atoms with E-state index in [0.717, 1.165) is 48.6 Å². The predicted molar refractivity (Wildman–Crippen MR) is 95.5 cm³/mol. The van der Waals surface area contributed by atoms with Crippen LogP contribution in [0.3, 0.4) is 0 Å². The molecular weight excluding hydrogens is 316 g/mol. The van der Waals surface area contributed by atoms with Crippen molar-refractivity contribution in [2.24, 2.45) is 4.99 Å². The van der Waals surface area contributed by atoms with Crippen LogP contribution in [0.15, 0.2) is 53.5 Å². The molecule has 0 aromatic heterocycles. The van der Waals surface area contributed by atoms with Gasteiger partial charge in [-0.15, -0.1) is 0 Å². The molecule has 2 aromatic rings. The summed E-state index contributed by atoms with van der Waals surface area (Å²) in [6.07, 6.45) is 3.67. The van der Waals surface area contributed by atoms with Crippen molar-refractivity contribution in [3.8, 4) is 11.5 Å². The maximum absolute atomic E-state index is 12.5. The Morgan fingerprint density at radius 2 is 1.80 bits per heavy atom. The van der Waals surface area contributed by atoms with Gasteiger partial charge in [0.05, 0.1) is 6.04 Å². The number of aliphatic imine (C=N–C) groups is 1. The first-order valence-electron chi connectivity index (χ1n) is 8.57. The number of carbonyl (C=O) groups excluding carboxylic acids is 1. The monoisotopic (exact) mass is 336 g/mol. The highest BCUT2D eigenvalue weighted by Crippen LogP contribution is 2.32. The maximum atomic E-state index is 12.5. The summed E-state index contributed by atoms with van der Waals surface area (Å²) in [5, 5.41) is 0. The first kappa shape index (κ1) is 15.7. The van der Waals surface area contributed by atoms with Crippen molar-refractivity contribution in [2.45, 2.75) is 18.9 Å². The Bertz CT molecular complexity index is 781. The van der Waals surface area contributed by atoms with Crippen LogP contribution in [-0.2, 0) is 0 Å². The Morgan fingerprint density at radius 3 is 2.60 bits per heavy atom. The number of hydrogen-bond acceptors (Lipinski definition) is 4. The molecule has 0 N–H and O–H groups in total. The van der Waals surface area contributed by atoms with Gasteiger partial charge in [0.15, 0.2) is 11.5 Å². The highest BCUT2D eigenvalue weighted by molar-refractivity contribution is 5.94. The zero-order chi connectivity index (χ0) is 17.1. The number of rotatable bonds is 3. The molecule has 2 aliphatic rings. The van der Waals surface area contributed by atoms with E-state index in [1.165, 1.54) is 0 Å². The Hall–Kier alpha value is -2.82. The normalized spacial score (nSPS) is 17.2. The third-order valence-electron chi connectivity index (χ3n) is 4.60. The van der Waals surface area contributed by atoms with Crippen molar-refractivity contribution in [2.75, 3.05) is 19.9 Å². The first-order chi connectivity index (χ1) is 12.3. The SMILES string of the molecule is O=C(c1ccccc1)N1CCC(N=Cc2ccc3c(c2)OCO3)CC1. The molecule has 2 aromatic carbocycles. The van der Waals surface area contributed by atoms with Gasteiger partial charge in [-0.05, 0) is 48.7 Å². The Morgan fingerprint density at radius 1 is 1.04 bits per heavy atom. The summed E-state index contributed by atoms with van der Waals surface area (Å²) in [7, 11) is 0. The second-order valence-corrected chi connectivity index (χ2v) is 6.28. The molecular formula is C20H20N2O3. The van der Waals surface area contributed by atoms with E-state index < -0.39 is 0 Å². The molecule has 1 saturated heterocycles. The Labute approximate surface area is 146 Å². The number of likely N-dealkylation sites (tertiary alicyclic amines) is 1. The van der Waals surface area contributed by atoms with Crippen molar-refractivity contribution < 1.29 is 14.3 Å². The van der Waals surface area contributed by atoms with E-state index >= 15 is 0 Å². The van der Waals surface area contributed by atoms with Crippen LogP contribution >= 0.6 is 0 Å². The average Bonchev–Trinajstić information content (AvgIpc) is 3.15. The number of benzene rings is 2. The van der Waals surface area contributed by atoms with E-state index in [-0.39, 0.29) is 18.7 Å². The van der Waals surface area contributed by atoms with Crippen LogP contribution in [0.25, 0.3) is 0 Å². The van der Waals surface area contributed by atoms with E-state index in [1.807, 2.05) is 59.6 Å². The first-order valence-corrected chi connectivity index (χ1v) is 8.57. The topological polar surface area (TPSA) is 51.1 Å². The number of fused-ring (bicyclic) bond motifs is 1. The van der Waals surface area contributed by atoms with Crippen molar-refractivity contribution in [3.63, 3.8) is 0 Å². The molecule has 0 unspecified atom stereocenters. The summed E-state index contributed by atoms with van der Waals surface area (Å²) in [6.45, 7) is 1.78. The smallest absolute Gasteiger partial charge is 0.253 e. The summed E-state index contributed by atoms with van der Waals surface area (Å²) < 4.78 is 10.7.